The normalized spacial score (nSPS) is 11.9. The zero-order chi connectivity index (χ0) is 71.7. The molecule has 1 rings (SSSR count). The molecule has 562 valence electrons. The highest BCUT2D eigenvalue weighted by atomic mass is 16.9. The van der Waals surface area contributed by atoms with E-state index in [-0.39, 0.29) is 43.9 Å². The van der Waals surface area contributed by atoms with E-state index in [0.717, 1.165) is 32.1 Å². The maximum absolute atomic E-state index is 13.4. The molecule has 1 aromatic carbocycles. The molecule has 20 nitrogen and oxygen atoms in total. The number of carbonyl (C=O) groups is 7. The summed E-state index contributed by atoms with van der Waals surface area (Å²) in [5, 5.41) is 18.9. The second kappa shape index (κ2) is 56.7. The van der Waals surface area contributed by atoms with Crippen LogP contribution >= 0.6 is 0 Å². The van der Waals surface area contributed by atoms with Crippen LogP contribution in [-0.4, -0.2) is 139 Å². The summed E-state index contributed by atoms with van der Waals surface area (Å²) in [5.74, 6) is -1.52. The molecule has 0 saturated carbocycles. The number of methoxy groups -OCH3 is 1. The SMILES string of the molecule is CCCCCCCCCCCCCCCCCOC(OCCCCCCCCCCCCCCCCC)OC(=O)NCCCCCC(=O)NCCC(C)(C)OCC(C)(C)OCCC(C)(C)C(C)(C)C(=O)NCC(=O)NCC(=O)NCC(=O)NCCCNC(=O)c1ccc(OC)cc1. The lowest BCUT2D eigenvalue weighted by Crippen LogP contribution is -2.50. The van der Waals surface area contributed by atoms with E-state index in [1.54, 1.807) is 31.4 Å². The number of amides is 7. The number of unbranched alkanes of at least 4 members (excludes halogenated alkanes) is 30. The van der Waals surface area contributed by atoms with Gasteiger partial charge in [-0.2, -0.15) is 0 Å². The summed E-state index contributed by atoms with van der Waals surface area (Å²) in [7, 11) is 1.55. The van der Waals surface area contributed by atoms with Crippen molar-refractivity contribution in [3.8, 4) is 5.75 Å². The minimum Gasteiger partial charge on any atom is -0.497 e. The Morgan fingerprint density at radius 1 is 0.392 bits per heavy atom. The molecule has 0 saturated heterocycles. The molecule has 7 N–H and O–H groups in total. The quantitative estimate of drug-likeness (QED) is 0.0237. The van der Waals surface area contributed by atoms with E-state index >= 15 is 0 Å². The third-order valence-corrected chi connectivity index (χ3v) is 18.5. The van der Waals surface area contributed by atoms with Crippen molar-refractivity contribution >= 4 is 41.5 Å². The topological polar surface area (TPSA) is 259 Å². The van der Waals surface area contributed by atoms with E-state index in [1.165, 1.54) is 167 Å². The Kier molecular flexibility index (Phi) is 52.6. The third-order valence-electron chi connectivity index (χ3n) is 18.5. The number of benzene rings is 1. The average Bonchev–Trinajstić information content (AvgIpc) is 0.806. The molecule has 97 heavy (non-hydrogen) atoms. The minimum absolute atomic E-state index is 0.0324. The summed E-state index contributed by atoms with van der Waals surface area (Å²) in [6, 6.07) is 6.71. The molecule has 0 fully saturated rings. The smallest absolute Gasteiger partial charge is 0.411 e. The maximum Gasteiger partial charge on any atom is 0.411 e. The fourth-order valence-corrected chi connectivity index (χ4v) is 10.9. The molecule has 0 spiro atoms. The zero-order valence-electron chi connectivity index (χ0n) is 63.1. The van der Waals surface area contributed by atoms with Gasteiger partial charge in [0.25, 0.3) is 5.91 Å². The molecule has 0 atom stereocenters. The predicted molar refractivity (Wildman–Crippen MR) is 390 cm³/mol. The Morgan fingerprint density at radius 2 is 0.804 bits per heavy atom. The van der Waals surface area contributed by atoms with Crippen LogP contribution in [0, 0.1) is 10.8 Å². The highest BCUT2D eigenvalue weighted by Crippen LogP contribution is 2.42. The molecule has 20 heteroatoms. The molecule has 0 aromatic heterocycles. The Morgan fingerprint density at radius 3 is 1.28 bits per heavy atom. The summed E-state index contributed by atoms with van der Waals surface area (Å²) < 4.78 is 35.3. The van der Waals surface area contributed by atoms with Crippen molar-refractivity contribution < 1.29 is 62.0 Å². The third kappa shape index (κ3) is 50.0. The summed E-state index contributed by atoms with van der Waals surface area (Å²) in [6.45, 7) is 21.1. The van der Waals surface area contributed by atoms with Crippen LogP contribution in [0.3, 0.4) is 0 Å². The number of ether oxygens (including phenoxy) is 6. The Balaban J connectivity index is 2.34. The van der Waals surface area contributed by atoms with Gasteiger partial charge in [-0.25, -0.2) is 4.79 Å². The van der Waals surface area contributed by atoms with Gasteiger partial charge in [0.15, 0.2) is 0 Å². The van der Waals surface area contributed by atoms with Crippen LogP contribution in [0.2, 0.25) is 0 Å². The van der Waals surface area contributed by atoms with E-state index in [4.69, 9.17) is 28.4 Å². The van der Waals surface area contributed by atoms with E-state index in [0.29, 0.717) is 95.9 Å². The number of rotatable bonds is 65. The summed E-state index contributed by atoms with van der Waals surface area (Å²) in [5.41, 5.74) is -2.17. The van der Waals surface area contributed by atoms with Gasteiger partial charge in [-0.3, -0.25) is 28.8 Å². The van der Waals surface area contributed by atoms with Crippen molar-refractivity contribution in [2.75, 3.05) is 79.4 Å². The molecular formula is C77H141N7O13. The van der Waals surface area contributed by atoms with Gasteiger partial charge < -0.3 is 65.6 Å². The molecule has 0 aliphatic carbocycles. The van der Waals surface area contributed by atoms with Gasteiger partial charge in [-0.15, -0.1) is 0 Å². The molecule has 0 unspecified atom stereocenters. The number of carbonyl (C=O) groups excluding carboxylic acids is 7. The maximum atomic E-state index is 13.4. The van der Waals surface area contributed by atoms with Gasteiger partial charge in [0.2, 0.25) is 29.5 Å². The fraction of sp³-hybridized carbons (Fsp3) is 0.831. The van der Waals surface area contributed by atoms with Crippen molar-refractivity contribution in [3.63, 3.8) is 0 Å². The summed E-state index contributed by atoms with van der Waals surface area (Å²) >= 11 is 0. The standard InChI is InChI=1S/C77H141N7O13/c1-12-14-16-18-20-22-24-26-28-30-32-34-36-38-43-57-93-73(94-58-44-39-37-35-33-31-29-27-25-23-21-19-17-15-13-2)97-72(91)81-53-42-40-41-46-66(85)79-56-51-75(5,6)96-63-76(7,8)95-59-52-74(3,4)77(9,10)71(90)84-62-69(88)83-61-68(87)82-60-67(86)78-54-45-55-80-70(89)64-47-49-65(92-11)50-48-64/h47-50,73H,12-46,51-63H2,1-11H3,(H,78,86)(H,79,85)(H,80,89)(H,81,91)(H,82,87)(H,83,88)(H,84,90). The minimum atomic E-state index is -1.03. The first-order chi connectivity index (χ1) is 46.5. The van der Waals surface area contributed by atoms with Gasteiger partial charge in [-0.05, 0) is 102 Å². The lowest BCUT2D eigenvalue weighted by molar-refractivity contribution is -0.261. The fourth-order valence-electron chi connectivity index (χ4n) is 10.9. The van der Waals surface area contributed by atoms with Crippen LogP contribution in [-0.2, 0) is 47.7 Å². The van der Waals surface area contributed by atoms with Crippen LogP contribution < -0.4 is 42.0 Å². The van der Waals surface area contributed by atoms with Gasteiger partial charge in [0.05, 0.1) is 57.8 Å². The van der Waals surface area contributed by atoms with Gasteiger partial charge in [-0.1, -0.05) is 228 Å². The first kappa shape index (κ1) is 90.0. The monoisotopic (exact) mass is 1370 g/mol. The van der Waals surface area contributed by atoms with E-state index in [1.807, 2.05) is 55.4 Å². The van der Waals surface area contributed by atoms with E-state index in [2.05, 4.69) is 51.1 Å². The number of hydrogen-bond donors (Lipinski definition) is 7. The second-order valence-corrected chi connectivity index (χ2v) is 29.0. The van der Waals surface area contributed by atoms with Gasteiger partial charge in [0.1, 0.15) is 5.75 Å². The first-order valence-corrected chi connectivity index (χ1v) is 38.2. The van der Waals surface area contributed by atoms with Crippen molar-refractivity contribution in [1.82, 2.24) is 37.2 Å². The zero-order valence-corrected chi connectivity index (χ0v) is 63.1. The molecule has 0 bridgehead atoms. The van der Waals surface area contributed by atoms with Crippen LogP contribution in [0.1, 0.15) is 317 Å². The molecule has 1 aromatic rings. The van der Waals surface area contributed by atoms with Crippen molar-refractivity contribution in [3.05, 3.63) is 29.8 Å². The lowest BCUT2D eigenvalue weighted by Gasteiger charge is -2.41. The average molecular weight is 1370 g/mol. The van der Waals surface area contributed by atoms with Crippen LogP contribution in [0.5, 0.6) is 5.75 Å². The van der Waals surface area contributed by atoms with Gasteiger partial charge >= 0.3 is 12.6 Å². The molecular weight excluding hydrogens is 1230 g/mol. The van der Waals surface area contributed by atoms with E-state index < -0.39 is 52.3 Å². The first-order valence-electron chi connectivity index (χ1n) is 38.2. The van der Waals surface area contributed by atoms with Gasteiger partial charge in [0, 0.05) is 50.2 Å². The Hall–Kier alpha value is -5.05. The molecule has 7 amide bonds. The molecule has 0 radical (unpaired) electrons. The van der Waals surface area contributed by atoms with Crippen molar-refractivity contribution in [1.29, 1.82) is 0 Å². The van der Waals surface area contributed by atoms with Crippen molar-refractivity contribution in [2.45, 2.75) is 324 Å². The van der Waals surface area contributed by atoms with Crippen molar-refractivity contribution in [2.24, 2.45) is 10.8 Å². The molecule has 0 heterocycles. The van der Waals surface area contributed by atoms with Crippen LogP contribution in [0.15, 0.2) is 24.3 Å². The predicted octanol–water partition coefficient (Wildman–Crippen LogP) is 15.2. The molecule has 0 aliphatic heterocycles. The number of hydrogen-bond acceptors (Lipinski definition) is 13. The highest BCUT2D eigenvalue weighted by molar-refractivity contribution is 5.94. The highest BCUT2D eigenvalue weighted by Gasteiger charge is 2.43. The number of alkyl carbamates (subject to hydrolysis) is 1. The molecule has 0 aliphatic rings. The summed E-state index contributed by atoms with van der Waals surface area (Å²) in [4.78, 5) is 88.6. The Bertz CT molecular complexity index is 2180. The lowest BCUT2D eigenvalue weighted by atomic mass is 9.65. The van der Waals surface area contributed by atoms with Crippen LogP contribution in [0.4, 0.5) is 4.79 Å². The second-order valence-electron chi connectivity index (χ2n) is 29.0. The Labute approximate surface area is 588 Å². The van der Waals surface area contributed by atoms with Crippen LogP contribution in [0.25, 0.3) is 0 Å². The largest absolute Gasteiger partial charge is 0.497 e. The van der Waals surface area contributed by atoms with E-state index in [9.17, 15) is 33.6 Å². The summed E-state index contributed by atoms with van der Waals surface area (Å²) in [6.07, 6.45) is 42.4. The number of nitrogens with one attached hydrogen (secondary N) is 7.